The van der Waals surface area contributed by atoms with Gasteiger partial charge in [0.2, 0.25) is 0 Å². The van der Waals surface area contributed by atoms with Crippen molar-refractivity contribution >= 4 is 17.7 Å². The number of nitrogens with zero attached hydrogens (tertiary/aromatic N) is 3. The van der Waals surface area contributed by atoms with Gasteiger partial charge in [-0.25, -0.2) is 4.79 Å². The van der Waals surface area contributed by atoms with Crippen LogP contribution in [0.4, 0.5) is 0 Å². The number of hydrogen-bond donors (Lipinski definition) is 2. The number of aromatic nitrogens is 3. The molecule has 0 spiro atoms. The highest BCUT2D eigenvalue weighted by atomic mass is 32.2. The Hall–Kier alpha value is -2.84. The van der Waals surface area contributed by atoms with Crippen molar-refractivity contribution in [3.8, 4) is 17.1 Å². The monoisotopic (exact) mass is 411 g/mol. The first-order chi connectivity index (χ1) is 14.1. The number of benzene rings is 2. The molecule has 1 aromatic heterocycles. The quantitative estimate of drug-likeness (QED) is 0.570. The van der Waals surface area contributed by atoms with Crippen LogP contribution >= 0.6 is 11.8 Å². The van der Waals surface area contributed by atoms with Gasteiger partial charge in [-0.3, -0.25) is 4.57 Å². The molecule has 1 atom stereocenters. The molecule has 1 aliphatic heterocycles. The second kappa shape index (κ2) is 8.67. The zero-order chi connectivity index (χ0) is 20.2. The lowest BCUT2D eigenvalue weighted by Crippen LogP contribution is -2.16. The molecule has 1 aliphatic rings. The average molecular weight is 411 g/mol. The highest BCUT2D eigenvalue weighted by molar-refractivity contribution is 7.98. The van der Waals surface area contributed by atoms with Crippen molar-refractivity contribution in [1.29, 1.82) is 0 Å². The van der Waals surface area contributed by atoms with Crippen molar-refractivity contribution in [2.24, 2.45) is 0 Å². The molecular formula is C21H21N3O4S. The maximum absolute atomic E-state index is 11.0. The molecular weight excluding hydrogens is 390 g/mol. The normalized spacial score (nSPS) is 16.2. The number of aromatic hydroxyl groups is 1. The summed E-state index contributed by atoms with van der Waals surface area (Å²) in [6.45, 7) is 1.45. The van der Waals surface area contributed by atoms with Gasteiger partial charge < -0.3 is 14.9 Å². The third-order valence-corrected chi connectivity index (χ3v) is 5.86. The summed E-state index contributed by atoms with van der Waals surface area (Å²) in [7, 11) is 0. The number of thioether (sulfide) groups is 1. The van der Waals surface area contributed by atoms with E-state index in [0.717, 1.165) is 41.6 Å². The zero-order valence-electron chi connectivity index (χ0n) is 15.7. The molecule has 150 valence electrons. The maximum Gasteiger partial charge on any atom is 0.335 e. The fourth-order valence-corrected chi connectivity index (χ4v) is 4.17. The lowest BCUT2D eigenvalue weighted by molar-refractivity contribution is 0.0697. The topological polar surface area (TPSA) is 97.5 Å². The van der Waals surface area contributed by atoms with Gasteiger partial charge in [0.25, 0.3) is 0 Å². The molecule has 0 radical (unpaired) electrons. The number of phenolic OH excluding ortho intramolecular Hbond substituents is 1. The lowest BCUT2D eigenvalue weighted by atomic mass is 10.1. The molecule has 2 heterocycles. The van der Waals surface area contributed by atoms with Crippen molar-refractivity contribution in [2.45, 2.75) is 36.4 Å². The number of carboxylic acid groups (broad SMARTS) is 1. The molecule has 7 nitrogen and oxygen atoms in total. The van der Waals surface area contributed by atoms with Crippen molar-refractivity contribution < 1.29 is 19.7 Å². The van der Waals surface area contributed by atoms with Crippen molar-refractivity contribution in [3.63, 3.8) is 0 Å². The van der Waals surface area contributed by atoms with E-state index in [1.165, 1.54) is 0 Å². The SMILES string of the molecule is O=C(O)c1ccc(CSc2nnc(-c3ccc(O)cc3)n2C[C@@H]2CCCO2)cc1. The van der Waals surface area contributed by atoms with Crippen LogP contribution in [0, 0.1) is 0 Å². The molecule has 0 unspecified atom stereocenters. The zero-order valence-corrected chi connectivity index (χ0v) is 16.5. The first kappa shape index (κ1) is 19.5. The fourth-order valence-electron chi connectivity index (χ4n) is 3.27. The van der Waals surface area contributed by atoms with E-state index in [4.69, 9.17) is 9.84 Å². The van der Waals surface area contributed by atoms with Crippen LogP contribution in [0.25, 0.3) is 11.4 Å². The van der Waals surface area contributed by atoms with E-state index >= 15 is 0 Å². The van der Waals surface area contributed by atoms with Gasteiger partial charge in [-0.15, -0.1) is 10.2 Å². The Morgan fingerprint density at radius 3 is 2.55 bits per heavy atom. The minimum atomic E-state index is -0.931. The molecule has 2 N–H and O–H groups in total. The predicted molar refractivity (Wildman–Crippen MR) is 109 cm³/mol. The van der Waals surface area contributed by atoms with Gasteiger partial charge in [0, 0.05) is 17.9 Å². The molecule has 29 heavy (non-hydrogen) atoms. The lowest BCUT2D eigenvalue weighted by Gasteiger charge is -2.15. The standard InChI is InChI=1S/C21H21N3O4S/c25-17-9-7-15(8-10-17)19-22-23-21(24(19)12-18-2-1-11-28-18)29-13-14-3-5-16(6-4-14)20(26)27/h3-10,18,25H,1-2,11-13H2,(H,26,27)/t18-/m0/s1. The molecule has 0 amide bonds. The summed E-state index contributed by atoms with van der Waals surface area (Å²) in [6.07, 6.45) is 2.20. The minimum absolute atomic E-state index is 0.135. The van der Waals surface area contributed by atoms with Gasteiger partial charge in [-0.1, -0.05) is 23.9 Å². The van der Waals surface area contributed by atoms with E-state index in [0.29, 0.717) is 12.3 Å². The van der Waals surface area contributed by atoms with Crippen molar-refractivity contribution in [2.75, 3.05) is 6.61 Å². The molecule has 0 aliphatic carbocycles. The van der Waals surface area contributed by atoms with Crippen LogP contribution in [0.5, 0.6) is 5.75 Å². The number of rotatable bonds is 7. The van der Waals surface area contributed by atoms with Gasteiger partial charge in [-0.2, -0.15) is 0 Å². The van der Waals surface area contributed by atoms with Gasteiger partial charge in [0.15, 0.2) is 11.0 Å². The number of aromatic carboxylic acids is 1. The van der Waals surface area contributed by atoms with Crippen LogP contribution in [0.2, 0.25) is 0 Å². The van der Waals surface area contributed by atoms with Crippen molar-refractivity contribution in [3.05, 3.63) is 59.7 Å². The summed E-state index contributed by atoms with van der Waals surface area (Å²) >= 11 is 1.55. The first-order valence-electron chi connectivity index (χ1n) is 9.39. The Balaban J connectivity index is 1.56. The second-order valence-electron chi connectivity index (χ2n) is 6.89. The Bertz CT molecular complexity index is 980. The van der Waals surface area contributed by atoms with Gasteiger partial charge in [-0.05, 0) is 54.8 Å². The second-order valence-corrected chi connectivity index (χ2v) is 7.83. The highest BCUT2D eigenvalue weighted by Crippen LogP contribution is 2.29. The van der Waals surface area contributed by atoms with Gasteiger partial charge in [0.1, 0.15) is 5.75 Å². The number of carbonyl (C=O) groups is 1. The Kier molecular flexibility index (Phi) is 5.82. The van der Waals surface area contributed by atoms with Crippen LogP contribution in [0.1, 0.15) is 28.8 Å². The first-order valence-corrected chi connectivity index (χ1v) is 10.4. The fraction of sp³-hybridized carbons (Fsp3) is 0.286. The molecule has 8 heteroatoms. The molecule has 1 saturated heterocycles. The van der Waals surface area contributed by atoms with Crippen LogP contribution in [0.3, 0.4) is 0 Å². The smallest absolute Gasteiger partial charge is 0.335 e. The van der Waals surface area contributed by atoms with E-state index in [-0.39, 0.29) is 17.4 Å². The third-order valence-electron chi connectivity index (χ3n) is 4.82. The molecule has 4 rings (SSSR count). The largest absolute Gasteiger partial charge is 0.508 e. The molecule has 3 aromatic rings. The Labute approximate surface area is 172 Å². The van der Waals surface area contributed by atoms with Crippen molar-refractivity contribution in [1.82, 2.24) is 14.8 Å². The molecule has 2 aromatic carbocycles. The summed E-state index contributed by atoms with van der Waals surface area (Å²) in [4.78, 5) is 11.0. The summed E-state index contributed by atoms with van der Waals surface area (Å²) < 4.78 is 7.88. The average Bonchev–Trinajstić information content (AvgIpc) is 3.38. The van der Waals surface area contributed by atoms with E-state index in [1.54, 1.807) is 36.0 Å². The summed E-state index contributed by atoms with van der Waals surface area (Å²) in [6, 6.07) is 13.8. The number of phenols is 1. The summed E-state index contributed by atoms with van der Waals surface area (Å²) in [5.41, 5.74) is 2.17. The number of hydrogen-bond acceptors (Lipinski definition) is 6. The van der Waals surface area contributed by atoms with E-state index in [1.807, 2.05) is 24.3 Å². The number of carboxylic acids is 1. The van der Waals surface area contributed by atoms with E-state index in [9.17, 15) is 9.90 Å². The van der Waals surface area contributed by atoms with Gasteiger partial charge >= 0.3 is 5.97 Å². The molecule has 0 saturated carbocycles. The molecule has 0 bridgehead atoms. The predicted octanol–water partition coefficient (Wildman–Crippen LogP) is 3.82. The summed E-state index contributed by atoms with van der Waals surface area (Å²) in [5.74, 6) is 0.667. The van der Waals surface area contributed by atoms with Crippen LogP contribution in [-0.2, 0) is 17.0 Å². The highest BCUT2D eigenvalue weighted by Gasteiger charge is 2.22. The van der Waals surface area contributed by atoms with Crippen LogP contribution in [-0.4, -0.2) is 43.7 Å². The van der Waals surface area contributed by atoms with E-state index < -0.39 is 5.97 Å². The third kappa shape index (κ3) is 4.60. The number of ether oxygens (including phenoxy) is 1. The van der Waals surface area contributed by atoms with Gasteiger partial charge in [0.05, 0.1) is 18.2 Å². The summed E-state index contributed by atoms with van der Waals surface area (Å²) in [5, 5.41) is 28.1. The maximum atomic E-state index is 11.0. The van der Waals surface area contributed by atoms with E-state index in [2.05, 4.69) is 14.8 Å². The minimum Gasteiger partial charge on any atom is -0.508 e. The van der Waals surface area contributed by atoms with Crippen LogP contribution < -0.4 is 0 Å². The Morgan fingerprint density at radius 1 is 1.14 bits per heavy atom. The molecule has 1 fully saturated rings. The Morgan fingerprint density at radius 2 is 1.90 bits per heavy atom. The van der Waals surface area contributed by atoms with Crippen LogP contribution in [0.15, 0.2) is 53.7 Å².